The highest BCUT2D eigenvalue weighted by atomic mass is 14.7. The summed E-state index contributed by atoms with van der Waals surface area (Å²) in [5.74, 6) is 0. The van der Waals surface area contributed by atoms with E-state index in [2.05, 4.69) is 20.8 Å². The molecule has 2 N–H and O–H groups in total. The molecule has 0 spiro atoms. The summed E-state index contributed by atoms with van der Waals surface area (Å²) in [5, 5.41) is 0. The van der Waals surface area contributed by atoms with E-state index in [-0.39, 0.29) is 5.54 Å². The van der Waals surface area contributed by atoms with E-state index in [1.165, 1.54) is 51.4 Å². The van der Waals surface area contributed by atoms with Gasteiger partial charge in [0.1, 0.15) is 0 Å². The Kier molecular flexibility index (Phi) is 4.00. The molecule has 1 aliphatic rings. The maximum absolute atomic E-state index is 6.34. The van der Waals surface area contributed by atoms with Crippen LogP contribution in [0.3, 0.4) is 0 Å². The van der Waals surface area contributed by atoms with Gasteiger partial charge in [-0.2, -0.15) is 0 Å². The van der Waals surface area contributed by atoms with Crippen molar-refractivity contribution in [1.82, 2.24) is 0 Å². The highest BCUT2D eigenvalue weighted by Crippen LogP contribution is 2.42. The maximum atomic E-state index is 6.34. The second-order valence-corrected chi connectivity index (χ2v) is 5.95. The predicted octanol–water partition coefficient (Wildman–Crippen LogP) is 3.86. The Hall–Kier alpha value is -0.0400. The van der Waals surface area contributed by atoms with Crippen LogP contribution in [0.25, 0.3) is 0 Å². The standard InChI is InChI=1S/C13H27N/c1-4-8-13(3,14)11-12(2)9-6-5-7-10-12/h4-11,14H2,1-3H3. The lowest BCUT2D eigenvalue weighted by Crippen LogP contribution is -2.42. The van der Waals surface area contributed by atoms with Gasteiger partial charge in [-0.15, -0.1) is 0 Å². The Bertz CT molecular complexity index is 166. The zero-order chi connectivity index (χ0) is 10.7. The first-order valence-electron chi connectivity index (χ1n) is 6.26. The van der Waals surface area contributed by atoms with E-state index in [0.29, 0.717) is 5.41 Å². The minimum absolute atomic E-state index is 0.0703. The fourth-order valence-electron chi connectivity index (χ4n) is 3.22. The van der Waals surface area contributed by atoms with E-state index in [1.54, 1.807) is 0 Å². The topological polar surface area (TPSA) is 26.0 Å². The smallest absolute Gasteiger partial charge is 0.0131 e. The third kappa shape index (κ3) is 3.61. The van der Waals surface area contributed by atoms with Gasteiger partial charge in [-0.3, -0.25) is 0 Å². The van der Waals surface area contributed by atoms with Crippen LogP contribution >= 0.6 is 0 Å². The van der Waals surface area contributed by atoms with Gasteiger partial charge in [-0.1, -0.05) is 39.5 Å². The number of rotatable bonds is 4. The molecule has 0 aromatic rings. The van der Waals surface area contributed by atoms with Crippen LogP contribution in [0, 0.1) is 5.41 Å². The molecule has 1 nitrogen and oxygen atoms in total. The van der Waals surface area contributed by atoms with Gasteiger partial charge in [0.2, 0.25) is 0 Å². The van der Waals surface area contributed by atoms with Crippen molar-refractivity contribution in [2.75, 3.05) is 0 Å². The predicted molar refractivity (Wildman–Crippen MR) is 63.3 cm³/mol. The van der Waals surface area contributed by atoms with Crippen LogP contribution < -0.4 is 5.73 Å². The van der Waals surface area contributed by atoms with Gasteiger partial charge < -0.3 is 5.73 Å². The Morgan fingerprint density at radius 2 is 1.79 bits per heavy atom. The van der Waals surface area contributed by atoms with Gasteiger partial charge >= 0.3 is 0 Å². The monoisotopic (exact) mass is 197 g/mol. The van der Waals surface area contributed by atoms with Crippen molar-refractivity contribution in [3.8, 4) is 0 Å². The van der Waals surface area contributed by atoms with Crippen molar-refractivity contribution in [1.29, 1.82) is 0 Å². The van der Waals surface area contributed by atoms with Gasteiger partial charge in [0.25, 0.3) is 0 Å². The molecule has 1 rings (SSSR count). The molecular formula is C13H27N. The highest BCUT2D eigenvalue weighted by molar-refractivity contribution is 4.89. The Morgan fingerprint density at radius 3 is 2.29 bits per heavy atom. The minimum Gasteiger partial charge on any atom is -0.325 e. The van der Waals surface area contributed by atoms with Crippen LogP contribution in [0.15, 0.2) is 0 Å². The normalized spacial score (nSPS) is 25.7. The van der Waals surface area contributed by atoms with Crippen LogP contribution in [0.5, 0.6) is 0 Å². The van der Waals surface area contributed by atoms with Crippen LogP contribution in [0.4, 0.5) is 0 Å². The molecule has 0 radical (unpaired) electrons. The zero-order valence-electron chi connectivity index (χ0n) is 10.2. The van der Waals surface area contributed by atoms with Crippen molar-refractivity contribution in [2.24, 2.45) is 11.1 Å². The molecule has 1 atom stereocenters. The van der Waals surface area contributed by atoms with E-state index < -0.39 is 0 Å². The summed E-state index contributed by atoms with van der Waals surface area (Å²) < 4.78 is 0. The number of hydrogen-bond acceptors (Lipinski definition) is 1. The van der Waals surface area contributed by atoms with Crippen molar-refractivity contribution in [2.45, 2.75) is 77.7 Å². The van der Waals surface area contributed by atoms with Crippen LogP contribution in [-0.2, 0) is 0 Å². The lowest BCUT2D eigenvalue weighted by atomic mass is 9.68. The average molecular weight is 197 g/mol. The van der Waals surface area contributed by atoms with Gasteiger partial charge in [-0.05, 0) is 38.0 Å². The van der Waals surface area contributed by atoms with Crippen LogP contribution in [0.1, 0.15) is 72.1 Å². The minimum atomic E-state index is 0.0703. The zero-order valence-corrected chi connectivity index (χ0v) is 10.2. The van der Waals surface area contributed by atoms with Gasteiger partial charge in [0.05, 0.1) is 0 Å². The van der Waals surface area contributed by atoms with Crippen LogP contribution in [0.2, 0.25) is 0 Å². The Morgan fingerprint density at radius 1 is 1.21 bits per heavy atom. The fourth-order valence-corrected chi connectivity index (χ4v) is 3.22. The molecule has 1 fully saturated rings. The second-order valence-electron chi connectivity index (χ2n) is 5.95. The van der Waals surface area contributed by atoms with Gasteiger partial charge in [0, 0.05) is 5.54 Å². The van der Waals surface area contributed by atoms with Crippen molar-refractivity contribution in [3.05, 3.63) is 0 Å². The van der Waals surface area contributed by atoms with Crippen molar-refractivity contribution in [3.63, 3.8) is 0 Å². The number of nitrogens with two attached hydrogens (primary N) is 1. The fraction of sp³-hybridized carbons (Fsp3) is 1.00. The molecule has 0 amide bonds. The SMILES string of the molecule is CCCC(C)(N)CC1(C)CCCCC1. The van der Waals surface area contributed by atoms with E-state index in [1.807, 2.05) is 0 Å². The quantitative estimate of drug-likeness (QED) is 0.727. The first kappa shape index (κ1) is 12.0. The molecule has 0 aliphatic heterocycles. The largest absolute Gasteiger partial charge is 0.325 e. The molecule has 0 bridgehead atoms. The average Bonchev–Trinajstić information content (AvgIpc) is 2.02. The molecular weight excluding hydrogens is 170 g/mol. The maximum Gasteiger partial charge on any atom is 0.0131 e. The van der Waals surface area contributed by atoms with E-state index in [9.17, 15) is 0 Å². The summed E-state index contributed by atoms with van der Waals surface area (Å²) in [5.41, 5.74) is 6.95. The summed E-state index contributed by atoms with van der Waals surface area (Å²) in [6.07, 6.45) is 10.6. The lowest BCUT2D eigenvalue weighted by molar-refractivity contribution is 0.150. The molecule has 0 heterocycles. The summed E-state index contributed by atoms with van der Waals surface area (Å²) in [4.78, 5) is 0. The van der Waals surface area contributed by atoms with E-state index in [0.717, 1.165) is 0 Å². The molecule has 0 aromatic heterocycles. The highest BCUT2D eigenvalue weighted by Gasteiger charge is 2.33. The Labute approximate surface area is 89.5 Å². The molecule has 1 saturated carbocycles. The first-order valence-corrected chi connectivity index (χ1v) is 6.26. The molecule has 1 aliphatic carbocycles. The molecule has 1 unspecified atom stereocenters. The summed E-state index contributed by atoms with van der Waals surface area (Å²) in [7, 11) is 0. The summed E-state index contributed by atoms with van der Waals surface area (Å²) >= 11 is 0. The molecule has 1 heteroatoms. The second kappa shape index (κ2) is 4.65. The third-order valence-electron chi connectivity index (χ3n) is 3.71. The van der Waals surface area contributed by atoms with Gasteiger partial charge in [-0.25, -0.2) is 0 Å². The molecule has 14 heavy (non-hydrogen) atoms. The molecule has 0 aromatic carbocycles. The molecule has 0 saturated heterocycles. The van der Waals surface area contributed by atoms with E-state index in [4.69, 9.17) is 5.73 Å². The van der Waals surface area contributed by atoms with Crippen molar-refractivity contribution >= 4 is 0 Å². The van der Waals surface area contributed by atoms with Crippen molar-refractivity contribution < 1.29 is 0 Å². The van der Waals surface area contributed by atoms with Gasteiger partial charge in [0.15, 0.2) is 0 Å². The summed E-state index contributed by atoms with van der Waals surface area (Å²) in [6.45, 7) is 6.90. The van der Waals surface area contributed by atoms with E-state index >= 15 is 0 Å². The lowest BCUT2D eigenvalue weighted by Gasteiger charge is -2.40. The molecule has 84 valence electrons. The Balaban J connectivity index is 2.47. The summed E-state index contributed by atoms with van der Waals surface area (Å²) in [6, 6.07) is 0. The first-order chi connectivity index (χ1) is 6.47. The number of hydrogen-bond donors (Lipinski definition) is 1. The third-order valence-corrected chi connectivity index (χ3v) is 3.71. The van der Waals surface area contributed by atoms with Crippen LogP contribution in [-0.4, -0.2) is 5.54 Å².